The van der Waals surface area contributed by atoms with Crippen molar-refractivity contribution in [3.63, 3.8) is 0 Å². The summed E-state index contributed by atoms with van der Waals surface area (Å²) in [5.41, 5.74) is 1.60. The maximum Gasteiger partial charge on any atom is 0.182 e. The van der Waals surface area contributed by atoms with Crippen LogP contribution in [0, 0.1) is 6.92 Å². The summed E-state index contributed by atoms with van der Waals surface area (Å²) in [4.78, 5) is 4.27. The summed E-state index contributed by atoms with van der Waals surface area (Å²) in [6, 6.07) is 8.25. The molecule has 0 saturated heterocycles. The van der Waals surface area contributed by atoms with E-state index in [4.69, 9.17) is 23.2 Å². The average Bonchev–Trinajstić information content (AvgIpc) is 2.76. The van der Waals surface area contributed by atoms with Crippen molar-refractivity contribution in [3.05, 3.63) is 52.3 Å². The van der Waals surface area contributed by atoms with E-state index in [0.29, 0.717) is 32.9 Å². The summed E-state index contributed by atoms with van der Waals surface area (Å²) >= 11 is 11.9. The van der Waals surface area contributed by atoms with Crippen LogP contribution in [0.15, 0.2) is 46.8 Å². The van der Waals surface area contributed by atoms with E-state index in [-0.39, 0.29) is 5.75 Å². The van der Waals surface area contributed by atoms with Crippen molar-refractivity contribution in [2.45, 2.75) is 6.92 Å². The summed E-state index contributed by atoms with van der Waals surface area (Å²) in [7, 11) is 0. The fraction of sp³-hybridized carbons (Fsp3) is 0.0714. The van der Waals surface area contributed by atoms with Crippen molar-refractivity contribution in [1.29, 1.82) is 0 Å². The number of hydrogen-bond donors (Lipinski definition) is 1. The number of hydrogen-bond acceptors (Lipinski definition) is 4. The summed E-state index contributed by atoms with van der Waals surface area (Å²) < 4.78 is 1.66. The number of fused-ring (bicyclic) bond motifs is 1. The van der Waals surface area contributed by atoms with Gasteiger partial charge < -0.3 is 5.11 Å². The van der Waals surface area contributed by atoms with Crippen LogP contribution in [-0.4, -0.2) is 14.5 Å². The summed E-state index contributed by atoms with van der Waals surface area (Å²) in [5, 5.41) is 19.0. The van der Waals surface area contributed by atoms with Crippen molar-refractivity contribution < 1.29 is 5.11 Å². The van der Waals surface area contributed by atoms with Gasteiger partial charge in [0.05, 0.1) is 10.7 Å². The topological polar surface area (TPSA) is 62.2 Å². The van der Waals surface area contributed by atoms with Crippen LogP contribution in [0.2, 0.25) is 10.0 Å². The van der Waals surface area contributed by atoms with Gasteiger partial charge >= 0.3 is 0 Å². The normalized spacial score (nSPS) is 11.6. The van der Waals surface area contributed by atoms with Gasteiger partial charge in [0, 0.05) is 11.2 Å². The fourth-order valence-corrected chi connectivity index (χ4v) is 2.38. The van der Waals surface area contributed by atoms with Gasteiger partial charge in [-0.1, -0.05) is 23.2 Å². The quantitative estimate of drug-likeness (QED) is 0.670. The largest absolute Gasteiger partial charge is 0.504 e. The van der Waals surface area contributed by atoms with Gasteiger partial charge in [0.25, 0.3) is 0 Å². The highest BCUT2D eigenvalue weighted by Gasteiger charge is 2.11. The molecule has 7 heteroatoms. The Labute approximate surface area is 130 Å². The molecule has 0 aliphatic heterocycles. The number of halogens is 2. The number of azo groups is 1. The fourth-order valence-electron chi connectivity index (χ4n) is 1.94. The van der Waals surface area contributed by atoms with Crippen LogP contribution in [0.25, 0.3) is 5.65 Å². The third-order valence-corrected chi connectivity index (χ3v) is 3.47. The molecule has 21 heavy (non-hydrogen) atoms. The molecule has 1 N–H and O–H groups in total. The molecular weight excluding hydrogens is 311 g/mol. The third kappa shape index (κ3) is 2.57. The first-order valence-electron chi connectivity index (χ1n) is 6.09. The molecule has 0 aliphatic rings. The maximum absolute atomic E-state index is 9.78. The second kappa shape index (κ2) is 5.35. The highest BCUT2D eigenvalue weighted by molar-refractivity contribution is 6.36. The lowest BCUT2D eigenvalue weighted by atomic mass is 10.3. The highest BCUT2D eigenvalue weighted by Crippen LogP contribution is 2.31. The summed E-state index contributed by atoms with van der Waals surface area (Å²) in [6.07, 6.45) is 1.76. The summed E-state index contributed by atoms with van der Waals surface area (Å²) in [6.45, 7) is 1.80. The Balaban J connectivity index is 2.07. The smallest absolute Gasteiger partial charge is 0.182 e. The number of aromatic hydroxyl groups is 1. The Kier molecular flexibility index (Phi) is 3.53. The first-order valence-corrected chi connectivity index (χ1v) is 6.85. The molecule has 0 aliphatic carbocycles. The Morgan fingerprint density at radius 2 is 2.00 bits per heavy atom. The molecule has 0 fully saturated rings. The summed E-state index contributed by atoms with van der Waals surface area (Å²) in [5.74, 6) is 0.624. The van der Waals surface area contributed by atoms with Crippen LogP contribution in [0.5, 0.6) is 5.75 Å². The molecule has 5 nitrogen and oxygen atoms in total. The van der Waals surface area contributed by atoms with Gasteiger partial charge in [0.1, 0.15) is 5.69 Å². The zero-order valence-electron chi connectivity index (χ0n) is 11.0. The van der Waals surface area contributed by atoms with Crippen LogP contribution >= 0.6 is 23.2 Å². The molecule has 2 heterocycles. The van der Waals surface area contributed by atoms with Gasteiger partial charge in [-0.05, 0) is 37.3 Å². The Hall–Kier alpha value is -2.11. The van der Waals surface area contributed by atoms with Gasteiger partial charge in [0.2, 0.25) is 0 Å². The molecule has 0 radical (unpaired) electrons. The molecule has 0 bridgehead atoms. The van der Waals surface area contributed by atoms with Gasteiger partial charge in [-0.15, -0.1) is 10.2 Å². The average molecular weight is 321 g/mol. The SMILES string of the molecule is Cc1nc2c(O)cccn2c1N=Nc1ccc(Cl)cc1Cl. The first-order chi connectivity index (χ1) is 10.1. The number of rotatable bonds is 2. The first kappa shape index (κ1) is 13.9. The maximum atomic E-state index is 9.78. The van der Waals surface area contributed by atoms with Gasteiger partial charge in [-0.3, -0.25) is 4.40 Å². The van der Waals surface area contributed by atoms with Crippen molar-refractivity contribution in [1.82, 2.24) is 9.38 Å². The van der Waals surface area contributed by atoms with Crippen LogP contribution in [0.4, 0.5) is 11.5 Å². The molecule has 0 atom stereocenters. The number of imidazole rings is 1. The van der Waals surface area contributed by atoms with Crippen molar-refractivity contribution in [2.75, 3.05) is 0 Å². The number of pyridine rings is 1. The van der Waals surface area contributed by atoms with E-state index in [1.165, 1.54) is 0 Å². The van der Waals surface area contributed by atoms with E-state index in [1.807, 2.05) is 0 Å². The lowest BCUT2D eigenvalue weighted by molar-refractivity contribution is 0.477. The molecule has 0 unspecified atom stereocenters. The van der Waals surface area contributed by atoms with Crippen LogP contribution in [0.1, 0.15) is 5.69 Å². The van der Waals surface area contributed by atoms with Crippen LogP contribution in [-0.2, 0) is 0 Å². The monoisotopic (exact) mass is 320 g/mol. The van der Waals surface area contributed by atoms with E-state index in [0.717, 1.165) is 0 Å². The zero-order chi connectivity index (χ0) is 15.0. The minimum Gasteiger partial charge on any atom is -0.504 e. The molecule has 0 saturated carbocycles. The van der Waals surface area contributed by atoms with E-state index in [9.17, 15) is 5.11 Å². The molecule has 0 amide bonds. The number of nitrogens with zero attached hydrogens (tertiary/aromatic N) is 4. The molecular formula is C14H10Cl2N4O. The molecule has 3 aromatic rings. The second-order valence-corrected chi connectivity index (χ2v) is 5.25. The molecule has 106 valence electrons. The van der Waals surface area contributed by atoms with Crippen LogP contribution in [0.3, 0.4) is 0 Å². The van der Waals surface area contributed by atoms with E-state index >= 15 is 0 Å². The molecule has 2 aromatic heterocycles. The van der Waals surface area contributed by atoms with E-state index in [2.05, 4.69) is 15.2 Å². The van der Waals surface area contributed by atoms with Gasteiger partial charge in [0.15, 0.2) is 17.2 Å². The number of benzene rings is 1. The molecule has 3 rings (SSSR count). The van der Waals surface area contributed by atoms with Crippen molar-refractivity contribution in [2.24, 2.45) is 10.2 Å². The molecule has 1 aromatic carbocycles. The molecule has 0 spiro atoms. The van der Waals surface area contributed by atoms with E-state index < -0.39 is 0 Å². The van der Waals surface area contributed by atoms with Crippen molar-refractivity contribution >= 4 is 40.4 Å². The van der Waals surface area contributed by atoms with E-state index in [1.54, 1.807) is 47.9 Å². The van der Waals surface area contributed by atoms with Gasteiger partial charge in [-0.25, -0.2) is 4.98 Å². The minimum absolute atomic E-state index is 0.0894. The Morgan fingerprint density at radius 3 is 2.76 bits per heavy atom. The standard InChI is InChI=1S/C14H10Cl2N4O/c1-8-13(20-6-2-3-12(21)14(20)17-8)19-18-11-5-4-9(15)7-10(11)16/h2-7,21H,1H3. The predicted octanol–water partition coefficient (Wildman–Crippen LogP) is 5.07. The predicted molar refractivity (Wildman–Crippen MR) is 82.2 cm³/mol. The Bertz CT molecular complexity index is 858. The number of aryl methyl sites for hydroxylation is 1. The Morgan fingerprint density at radius 1 is 1.19 bits per heavy atom. The minimum atomic E-state index is 0.0894. The highest BCUT2D eigenvalue weighted by atomic mass is 35.5. The van der Waals surface area contributed by atoms with Gasteiger partial charge in [-0.2, -0.15) is 0 Å². The lowest BCUT2D eigenvalue weighted by Crippen LogP contribution is -1.82. The zero-order valence-corrected chi connectivity index (χ0v) is 12.5. The third-order valence-electron chi connectivity index (χ3n) is 2.93. The van der Waals surface area contributed by atoms with Crippen molar-refractivity contribution in [3.8, 4) is 5.75 Å². The number of aromatic nitrogens is 2. The van der Waals surface area contributed by atoms with Crippen LogP contribution < -0.4 is 0 Å². The lowest BCUT2D eigenvalue weighted by Gasteiger charge is -1.99. The second-order valence-electron chi connectivity index (χ2n) is 4.40.